The van der Waals surface area contributed by atoms with Gasteiger partial charge in [-0.05, 0) is 24.3 Å². The van der Waals surface area contributed by atoms with Crippen LogP contribution in [0.25, 0.3) is 22.4 Å². The first kappa shape index (κ1) is 23.8. The van der Waals surface area contributed by atoms with Gasteiger partial charge in [-0.3, -0.25) is 0 Å². The molecule has 0 spiro atoms. The fourth-order valence-corrected chi connectivity index (χ4v) is 3.56. The number of benzene rings is 3. The Kier molecular flexibility index (Phi) is 6.46. The number of anilines is 1. The van der Waals surface area contributed by atoms with Crippen LogP contribution in [0.2, 0.25) is 0 Å². The van der Waals surface area contributed by atoms with Crippen molar-refractivity contribution in [2.45, 2.75) is 12.8 Å². The summed E-state index contributed by atoms with van der Waals surface area (Å²) < 4.78 is 66.6. The van der Waals surface area contributed by atoms with Gasteiger partial charge >= 0.3 is 6.18 Å². The molecular formula is C25H19F4N3O3. The molecule has 0 unspecified atom stereocenters. The van der Waals surface area contributed by atoms with E-state index in [4.69, 9.17) is 15.2 Å². The van der Waals surface area contributed by atoms with Gasteiger partial charge in [-0.2, -0.15) is 13.2 Å². The molecule has 0 atom stereocenters. The fourth-order valence-electron chi connectivity index (χ4n) is 3.56. The number of hydrogen-bond donors (Lipinski definition) is 2. The van der Waals surface area contributed by atoms with E-state index < -0.39 is 34.9 Å². The zero-order valence-electron chi connectivity index (χ0n) is 18.3. The Bertz CT molecular complexity index is 1380. The van der Waals surface area contributed by atoms with Crippen LogP contribution in [0.4, 0.5) is 23.5 Å². The van der Waals surface area contributed by atoms with Gasteiger partial charge in [-0.25, -0.2) is 14.4 Å². The summed E-state index contributed by atoms with van der Waals surface area (Å²) in [7, 11) is 1.32. The van der Waals surface area contributed by atoms with Gasteiger partial charge < -0.3 is 20.3 Å². The molecular weight excluding hydrogens is 466 g/mol. The molecule has 0 radical (unpaired) electrons. The fraction of sp³-hybridized carbons (Fsp3) is 0.120. The van der Waals surface area contributed by atoms with Crippen LogP contribution >= 0.6 is 0 Å². The summed E-state index contributed by atoms with van der Waals surface area (Å²) in [5.74, 6) is -1.17. The van der Waals surface area contributed by atoms with Crippen LogP contribution in [0.15, 0.2) is 66.7 Å². The minimum atomic E-state index is -4.87. The van der Waals surface area contributed by atoms with Crippen molar-refractivity contribution in [3.8, 4) is 39.6 Å². The molecule has 4 aromatic rings. The van der Waals surface area contributed by atoms with Crippen molar-refractivity contribution in [3.05, 3.63) is 83.8 Å². The van der Waals surface area contributed by atoms with Crippen molar-refractivity contribution < 1.29 is 32.1 Å². The SMILES string of the molecule is COc1ccccc1-c1c(-c2ccc(OCc3ccccc3F)cc2O)nc(N)nc1C(F)(F)F. The van der Waals surface area contributed by atoms with Crippen LogP contribution in [0.3, 0.4) is 0 Å². The number of phenolic OH excluding ortho intramolecular Hbond substituents is 1. The number of halogens is 4. The number of ether oxygens (including phenoxy) is 2. The second-order valence-electron chi connectivity index (χ2n) is 7.41. The topological polar surface area (TPSA) is 90.5 Å². The minimum absolute atomic E-state index is 0.0382. The van der Waals surface area contributed by atoms with Gasteiger partial charge in [-0.1, -0.05) is 36.4 Å². The number of alkyl halides is 3. The summed E-state index contributed by atoms with van der Waals surface area (Å²) in [6.45, 7) is -0.114. The first-order valence-corrected chi connectivity index (χ1v) is 10.3. The smallest absolute Gasteiger partial charge is 0.434 e. The van der Waals surface area contributed by atoms with E-state index in [1.165, 1.54) is 49.6 Å². The third-order valence-electron chi connectivity index (χ3n) is 5.15. The molecule has 6 nitrogen and oxygen atoms in total. The highest BCUT2D eigenvalue weighted by atomic mass is 19.4. The first-order valence-electron chi connectivity index (χ1n) is 10.3. The number of phenols is 1. The van der Waals surface area contributed by atoms with Gasteiger partial charge in [0, 0.05) is 28.3 Å². The lowest BCUT2D eigenvalue weighted by molar-refractivity contribution is -0.140. The van der Waals surface area contributed by atoms with Crippen molar-refractivity contribution >= 4 is 5.95 Å². The molecule has 4 rings (SSSR count). The maximum Gasteiger partial charge on any atom is 0.434 e. The lowest BCUT2D eigenvalue weighted by atomic mass is 9.96. The molecule has 0 aliphatic carbocycles. The van der Waals surface area contributed by atoms with Crippen molar-refractivity contribution in [1.29, 1.82) is 0 Å². The van der Waals surface area contributed by atoms with Crippen molar-refractivity contribution in [2.24, 2.45) is 0 Å². The van der Waals surface area contributed by atoms with E-state index in [2.05, 4.69) is 9.97 Å². The highest BCUT2D eigenvalue weighted by Gasteiger charge is 2.39. The maximum absolute atomic E-state index is 14.0. The van der Waals surface area contributed by atoms with E-state index in [-0.39, 0.29) is 34.9 Å². The van der Waals surface area contributed by atoms with E-state index in [1.54, 1.807) is 24.3 Å². The Morgan fingerprint density at radius 1 is 0.943 bits per heavy atom. The summed E-state index contributed by atoms with van der Waals surface area (Å²) in [4.78, 5) is 7.47. The van der Waals surface area contributed by atoms with Gasteiger partial charge in [0.25, 0.3) is 0 Å². The normalized spacial score (nSPS) is 11.3. The van der Waals surface area contributed by atoms with Crippen LogP contribution in [-0.4, -0.2) is 22.2 Å². The van der Waals surface area contributed by atoms with Gasteiger partial charge in [0.05, 0.1) is 12.8 Å². The van der Waals surface area contributed by atoms with Crippen molar-refractivity contribution in [1.82, 2.24) is 9.97 Å². The quantitative estimate of drug-likeness (QED) is 0.333. The predicted molar refractivity (Wildman–Crippen MR) is 121 cm³/mol. The average Bonchev–Trinajstić information content (AvgIpc) is 2.82. The lowest BCUT2D eigenvalue weighted by Gasteiger charge is -2.19. The molecule has 0 amide bonds. The van der Waals surface area contributed by atoms with E-state index >= 15 is 0 Å². The minimum Gasteiger partial charge on any atom is -0.507 e. The van der Waals surface area contributed by atoms with E-state index in [1.807, 2.05) is 0 Å². The second-order valence-corrected chi connectivity index (χ2v) is 7.41. The Hall–Kier alpha value is -4.34. The molecule has 35 heavy (non-hydrogen) atoms. The highest BCUT2D eigenvalue weighted by molar-refractivity contribution is 5.88. The molecule has 0 saturated heterocycles. The Labute approximate surface area is 197 Å². The molecule has 0 saturated carbocycles. The molecule has 180 valence electrons. The molecule has 1 heterocycles. The van der Waals surface area contributed by atoms with E-state index in [9.17, 15) is 22.7 Å². The molecule has 10 heteroatoms. The van der Waals surface area contributed by atoms with Gasteiger partial charge in [0.1, 0.15) is 29.7 Å². The Balaban J connectivity index is 1.82. The van der Waals surface area contributed by atoms with Crippen LogP contribution in [0.1, 0.15) is 11.3 Å². The summed E-state index contributed by atoms with van der Waals surface area (Å²) in [6.07, 6.45) is -4.87. The number of methoxy groups -OCH3 is 1. The molecule has 0 aliphatic heterocycles. The zero-order chi connectivity index (χ0) is 25.2. The van der Waals surface area contributed by atoms with Gasteiger partial charge in [0.2, 0.25) is 5.95 Å². The van der Waals surface area contributed by atoms with Crippen molar-refractivity contribution in [2.75, 3.05) is 12.8 Å². The molecule has 1 aromatic heterocycles. The lowest BCUT2D eigenvalue weighted by Crippen LogP contribution is -2.14. The number of nitrogen functional groups attached to an aromatic ring is 1. The number of para-hydroxylation sites is 1. The van der Waals surface area contributed by atoms with Crippen LogP contribution in [0.5, 0.6) is 17.2 Å². The molecule has 0 fully saturated rings. The zero-order valence-corrected chi connectivity index (χ0v) is 18.3. The Morgan fingerprint density at radius 2 is 1.66 bits per heavy atom. The third-order valence-corrected chi connectivity index (χ3v) is 5.15. The van der Waals surface area contributed by atoms with Gasteiger partial charge in [-0.15, -0.1) is 0 Å². The number of hydrogen-bond acceptors (Lipinski definition) is 6. The average molecular weight is 485 g/mol. The number of rotatable bonds is 6. The van der Waals surface area contributed by atoms with Crippen LogP contribution in [-0.2, 0) is 12.8 Å². The van der Waals surface area contributed by atoms with E-state index in [0.29, 0.717) is 5.56 Å². The molecule has 0 bridgehead atoms. The molecule has 3 aromatic carbocycles. The monoisotopic (exact) mass is 485 g/mol. The second kappa shape index (κ2) is 9.49. The van der Waals surface area contributed by atoms with Crippen LogP contribution in [0, 0.1) is 5.82 Å². The number of nitrogens with zero attached hydrogens (tertiary/aromatic N) is 2. The standard InChI is InChI=1S/C25H19F4N3O3/c1-34-20-9-5-3-7-17(20)21-22(31-24(30)32-23(21)25(27,28)29)16-11-10-15(12-19(16)33)35-13-14-6-2-4-8-18(14)26/h2-12,33H,13H2,1H3,(H2,30,31,32). The highest BCUT2D eigenvalue weighted by Crippen LogP contribution is 2.46. The largest absolute Gasteiger partial charge is 0.507 e. The maximum atomic E-state index is 14.0. The molecule has 3 N–H and O–H groups in total. The van der Waals surface area contributed by atoms with Crippen molar-refractivity contribution in [3.63, 3.8) is 0 Å². The summed E-state index contributed by atoms with van der Waals surface area (Å²) in [6, 6.07) is 16.1. The third kappa shape index (κ3) is 4.96. The number of nitrogens with two attached hydrogens (primary N) is 1. The van der Waals surface area contributed by atoms with E-state index in [0.717, 1.165) is 0 Å². The number of aromatic nitrogens is 2. The summed E-state index contributed by atoms with van der Waals surface area (Å²) in [5, 5.41) is 10.7. The first-order chi connectivity index (χ1) is 16.7. The van der Waals surface area contributed by atoms with Crippen LogP contribution < -0.4 is 15.2 Å². The predicted octanol–water partition coefficient (Wildman–Crippen LogP) is 5.84. The van der Waals surface area contributed by atoms with Gasteiger partial charge in [0.15, 0.2) is 5.69 Å². The Morgan fingerprint density at radius 3 is 2.34 bits per heavy atom. The summed E-state index contributed by atoms with van der Waals surface area (Å²) in [5.41, 5.74) is 4.03. The molecule has 0 aliphatic rings. The summed E-state index contributed by atoms with van der Waals surface area (Å²) >= 11 is 0. The number of aromatic hydroxyl groups is 1.